The van der Waals surface area contributed by atoms with Crippen LogP contribution < -0.4 is 10.6 Å². The maximum Gasteiger partial charge on any atom is 0.190 e. The van der Waals surface area contributed by atoms with Gasteiger partial charge < -0.3 is 15.4 Å². The number of nitrogens with one attached hydrogen (secondary N) is 2. The first kappa shape index (κ1) is 17.8. The van der Waals surface area contributed by atoms with E-state index in [1.54, 1.807) is 7.05 Å². The fraction of sp³-hybridized carbons (Fsp3) is 0.562. The van der Waals surface area contributed by atoms with Crippen LogP contribution >= 0.6 is 11.6 Å². The number of ether oxygens (including phenoxy) is 1. The second-order valence-electron chi connectivity index (χ2n) is 5.08. The van der Waals surface area contributed by atoms with Crippen LogP contribution in [0, 0.1) is 0 Å². The Hall–Kier alpha value is -1.26. The molecule has 2 N–H and O–H groups in total. The van der Waals surface area contributed by atoms with Gasteiger partial charge in [-0.1, -0.05) is 23.7 Å². The summed E-state index contributed by atoms with van der Waals surface area (Å²) in [6.45, 7) is 6.53. The second-order valence-corrected chi connectivity index (χ2v) is 5.52. The first-order valence-corrected chi connectivity index (χ1v) is 7.80. The van der Waals surface area contributed by atoms with E-state index in [4.69, 9.17) is 16.3 Å². The minimum Gasteiger partial charge on any atom is -0.379 e. The molecule has 0 saturated carbocycles. The highest BCUT2D eigenvalue weighted by Crippen LogP contribution is 2.10. The number of nitrogens with zero attached hydrogens (tertiary/aromatic N) is 1. The van der Waals surface area contributed by atoms with Crippen molar-refractivity contribution in [3.63, 3.8) is 0 Å². The molecule has 21 heavy (non-hydrogen) atoms. The first-order valence-electron chi connectivity index (χ1n) is 7.42. The molecule has 0 spiro atoms. The van der Waals surface area contributed by atoms with Gasteiger partial charge in [-0.25, -0.2) is 0 Å². The van der Waals surface area contributed by atoms with Crippen molar-refractivity contribution in [3.8, 4) is 0 Å². The Morgan fingerprint density at radius 3 is 2.71 bits per heavy atom. The van der Waals surface area contributed by atoms with Crippen molar-refractivity contribution >= 4 is 17.6 Å². The smallest absolute Gasteiger partial charge is 0.190 e. The quantitative estimate of drug-likeness (QED) is 0.441. The van der Waals surface area contributed by atoms with Gasteiger partial charge in [-0.15, -0.1) is 0 Å². The molecule has 1 rings (SSSR count). The standard InChI is InChI=1S/C16H26ClN3O/c1-13(2)21-11-5-9-19-16(18-3)20-10-8-14-6-4-7-15(17)12-14/h4,6-7,12-13H,5,8-11H2,1-3H3,(H2,18,19,20). The minimum absolute atomic E-state index is 0.292. The van der Waals surface area contributed by atoms with Crippen LogP contribution in [0.5, 0.6) is 0 Å². The van der Waals surface area contributed by atoms with Gasteiger partial charge in [0.05, 0.1) is 6.10 Å². The third-order valence-electron chi connectivity index (χ3n) is 2.88. The van der Waals surface area contributed by atoms with Crippen molar-refractivity contribution in [2.75, 3.05) is 26.7 Å². The summed E-state index contributed by atoms with van der Waals surface area (Å²) in [6.07, 6.45) is 2.17. The summed E-state index contributed by atoms with van der Waals surface area (Å²) in [7, 11) is 1.78. The maximum atomic E-state index is 5.97. The zero-order valence-corrected chi connectivity index (χ0v) is 13.9. The number of hydrogen-bond donors (Lipinski definition) is 2. The van der Waals surface area contributed by atoms with Gasteiger partial charge in [0.1, 0.15) is 0 Å². The SMILES string of the molecule is CN=C(NCCCOC(C)C)NCCc1cccc(Cl)c1. The van der Waals surface area contributed by atoms with Crippen molar-refractivity contribution in [2.24, 2.45) is 4.99 Å². The lowest BCUT2D eigenvalue weighted by Gasteiger charge is -2.12. The van der Waals surface area contributed by atoms with Crippen molar-refractivity contribution in [1.82, 2.24) is 10.6 Å². The summed E-state index contributed by atoms with van der Waals surface area (Å²) in [5.74, 6) is 0.821. The van der Waals surface area contributed by atoms with E-state index >= 15 is 0 Å². The van der Waals surface area contributed by atoms with E-state index in [0.29, 0.717) is 6.10 Å². The van der Waals surface area contributed by atoms with Gasteiger partial charge in [-0.3, -0.25) is 4.99 Å². The van der Waals surface area contributed by atoms with Gasteiger partial charge in [0, 0.05) is 31.8 Å². The molecule has 0 fully saturated rings. The highest BCUT2D eigenvalue weighted by atomic mass is 35.5. The fourth-order valence-electron chi connectivity index (χ4n) is 1.84. The van der Waals surface area contributed by atoms with E-state index in [0.717, 1.165) is 43.5 Å². The average molecular weight is 312 g/mol. The van der Waals surface area contributed by atoms with Gasteiger partial charge in [0.2, 0.25) is 0 Å². The summed E-state index contributed by atoms with van der Waals surface area (Å²) in [5.41, 5.74) is 1.22. The Kier molecular flexibility index (Phi) is 8.87. The Labute approximate surface area is 132 Å². The maximum absolute atomic E-state index is 5.97. The predicted octanol–water partition coefficient (Wildman–Crippen LogP) is 2.86. The Bertz CT molecular complexity index is 435. The van der Waals surface area contributed by atoms with Crippen molar-refractivity contribution in [1.29, 1.82) is 0 Å². The van der Waals surface area contributed by atoms with E-state index in [9.17, 15) is 0 Å². The Morgan fingerprint density at radius 1 is 1.29 bits per heavy atom. The summed E-state index contributed by atoms with van der Waals surface area (Å²) < 4.78 is 5.49. The molecule has 0 aliphatic carbocycles. The lowest BCUT2D eigenvalue weighted by Crippen LogP contribution is -2.39. The molecule has 0 aromatic heterocycles. The van der Waals surface area contributed by atoms with Crippen molar-refractivity contribution in [2.45, 2.75) is 32.8 Å². The number of aliphatic imine (C=N–C) groups is 1. The molecule has 0 bridgehead atoms. The zero-order valence-electron chi connectivity index (χ0n) is 13.2. The van der Waals surface area contributed by atoms with E-state index in [2.05, 4.69) is 21.7 Å². The molecule has 1 aromatic rings. The van der Waals surface area contributed by atoms with Crippen LogP contribution in [0.1, 0.15) is 25.8 Å². The van der Waals surface area contributed by atoms with Crippen LogP contribution in [0.25, 0.3) is 0 Å². The summed E-state index contributed by atoms with van der Waals surface area (Å²) >= 11 is 5.97. The molecule has 0 aliphatic heterocycles. The number of rotatable bonds is 8. The van der Waals surface area contributed by atoms with E-state index in [1.807, 2.05) is 32.0 Å². The van der Waals surface area contributed by atoms with E-state index < -0.39 is 0 Å². The van der Waals surface area contributed by atoms with Gasteiger partial charge in [0.25, 0.3) is 0 Å². The molecular formula is C16H26ClN3O. The van der Waals surface area contributed by atoms with Gasteiger partial charge in [-0.2, -0.15) is 0 Å². The molecule has 0 amide bonds. The van der Waals surface area contributed by atoms with Gasteiger partial charge in [0.15, 0.2) is 5.96 Å². The Balaban J connectivity index is 2.17. The van der Waals surface area contributed by atoms with E-state index in [-0.39, 0.29) is 0 Å². The molecule has 0 radical (unpaired) electrons. The van der Waals surface area contributed by atoms with Crippen molar-refractivity contribution < 1.29 is 4.74 Å². The molecule has 0 saturated heterocycles. The van der Waals surface area contributed by atoms with Crippen LogP contribution in [0.4, 0.5) is 0 Å². The largest absolute Gasteiger partial charge is 0.379 e. The predicted molar refractivity (Wildman–Crippen MR) is 90.2 cm³/mol. The summed E-state index contributed by atoms with van der Waals surface area (Å²) in [6, 6.07) is 7.92. The summed E-state index contributed by atoms with van der Waals surface area (Å²) in [5, 5.41) is 7.34. The van der Waals surface area contributed by atoms with Crippen LogP contribution in [0.3, 0.4) is 0 Å². The monoisotopic (exact) mass is 311 g/mol. The van der Waals surface area contributed by atoms with Crippen LogP contribution in [-0.2, 0) is 11.2 Å². The third kappa shape index (κ3) is 8.58. The molecule has 4 nitrogen and oxygen atoms in total. The molecule has 0 aliphatic rings. The van der Waals surface area contributed by atoms with Crippen LogP contribution in [0.2, 0.25) is 5.02 Å². The third-order valence-corrected chi connectivity index (χ3v) is 3.12. The molecule has 0 unspecified atom stereocenters. The number of hydrogen-bond acceptors (Lipinski definition) is 2. The summed E-state index contributed by atoms with van der Waals surface area (Å²) in [4.78, 5) is 4.20. The molecule has 0 heterocycles. The molecule has 1 aromatic carbocycles. The first-order chi connectivity index (χ1) is 10.1. The Morgan fingerprint density at radius 2 is 2.05 bits per heavy atom. The topological polar surface area (TPSA) is 45.7 Å². The lowest BCUT2D eigenvalue weighted by atomic mass is 10.1. The molecule has 5 heteroatoms. The van der Waals surface area contributed by atoms with Crippen molar-refractivity contribution in [3.05, 3.63) is 34.9 Å². The fourth-order valence-corrected chi connectivity index (χ4v) is 2.05. The minimum atomic E-state index is 0.292. The molecular weight excluding hydrogens is 286 g/mol. The van der Waals surface area contributed by atoms with Gasteiger partial charge in [-0.05, 0) is 44.4 Å². The lowest BCUT2D eigenvalue weighted by molar-refractivity contribution is 0.0776. The van der Waals surface area contributed by atoms with Crippen LogP contribution in [0.15, 0.2) is 29.3 Å². The van der Waals surface area contributed by atoms with Gasteiger partial charge >= 0.3 is 0 Å². The number of guanidine groups is 1. The zero-order chi connectivity index (χ0) is 15.5. The second kappa shape index (κ2) is 10.5. The molecule has 118 valence electrons. The number of benzene rings is 1. The van der Waals surface area contributed by atoms with E-state index in [1.165, 1.54) is 5.56 Å². The normalized spacial score (nSPS) is 11.8. The highest BCUT2D eigenvalue weighted by Gasteiger charge is 1.99. The highest BCUT2D eigenvalue weighted by molar-refractivity contribution is 6.30. The average Bonchev–Trinajstić information content (AvgIpc) is 2.45. The number of halogens is 1. The van der Waals surface area contributed by atoms with Crippen LogP contribution in [-0.4, -0.2) is 38.8 Å². The molecule has 0 atom stereocenters.